The van der Waals surface area contributed by atoms with Crippen LogP contribution in [0.4, 0.5) is 0 Å². The summed E-state index contributed by atoms with van der Waals surface area (Å²) in [4.78, 5) is 11.5. The molecule has 160 valence electrons. The summed E-state index contributed by atoms with van der Waals surface area (Å²) in [6, 6.07) is 0. The summed E-state index contributed by atoms with van der Waals surface area (Å²) in [5, 5.41) is 79.4. The molecule has 0 aromatic heterocycles. The summed E-state index contributed by atoms with van der Waals surface area (Å²) >= 11 is 0. The number of hydrogen-bond acceptors (Lipinski definition) is 11. The van der Waals surface area contributed by atoms with E-state index in [1.54, 1.807) is 0 Å². The van der Waals surface area contributed by atoms with Crippen LogP contribution in [0.3, 0.4) is 0 Å². The lowest BCUT2D eigenvalue weighted by molar-refractivity contribution is -0.347. The van der Waals surface area contributed by atoms with E-state index in [1.807, 2.05) is 0 Å². The van der Waals surface area contributed by atoms with Crippen molar-refractivity contribution >= 4 is 5.97 Å². The van der Waals surface area contributed by atoms with Gasteiger partial charge >= 0.3 is 5.97 Å². The Morgan fingerprint density at radius 2 is 1.75 bits per heavy atom. The van der Waals surface area contributed by atoms with Crippen LogP contribution in [-0.2, 0) is 19.0 Å². The molecule has 0 aromatic rings. The number of ether oxygens (including phenoxy) is 3. The predicted octanol–water partition coefficient (Wildman–Crippen LogP) is -4.15. The zero-order chi connectivity index (χ0) is 21.0. The summed E-state index contributed by atoms with van der Waals surface area (Å²) in [6.07, 6.45) is -12.0. The highest BCUT2D eigenvalue weighted by Gasteiger charge is 2.64. The number of carbonyl (C=O) groups is 1. The molecule has 0 spiro atoms. The van der Waals surface area contributed by atoms with Gasteiger partial charge in [-0.05, 0) is 6.92 Å². The number of fused-ring (bicyclic) bond motifs is 1. The van der Waals surface area contributed by atoms with Crippen molar-refractivity contribution < 1.29 is 59.9 Å². The van der Waals surface area contributed by atoms with E-state index in [0.717, 1.165) is 6.26 Å². The Bertz CT molecular complexity index is 633. The quantitative estimate of drug-likeness (QED) is 0.223. The highest BCUT2D eigenvalue weighted by molar-refractivity contribution is 5.87. The van der Waals surface area contributed by atoms with E-state index < -0.39 is 79.2 Å². The summed E-state index contributed by atoms with van der Waals surface area (Å²) in [5.41, 5.74) is -2.42. The molecule has 0 bridgehead atoms. The number of carboxylic acid groups (broad SMARTS) is 1. The maximum Gasteiger partial charge on any atom is 0.335 e. The second-order valence-corrected chi connectivity index (χ2v) is 7.43. The van der Waals surface area contributed by atoms with Gasteiger partial charge in [0.15, 0.2) is 6.29 Å². The van der Waals surface area contributed by atoms with Crippen LogP contribution in [0.1, 0.15) is 6.92 Å². The lowest BCUT2D eigenvalue weighted by Gasteiger charge is -2.44. The molecule has 28 heavy (non-hydrogen) atoms. The Hall–Kier alpha value is -1.35. The highest BCUT2D eigenvalue weighted by atomic mass is 16.8. The molecule has 3 rings (SSSR count). The van der Waals surface area contributed by atoms with E-state index in [-0.39, 0.29) is 5.57 Å². The Morgan fingerprint density at radius 1 is 1.11 bits per heavy atom. The van der Waals surface area contributed by atoms with Gasteiger partial charge in [-0.15, -0.1) is 0 Å². The van der Waals surface area contributed by atoms with Gasteiger partial charge in [0.05, 0.1) is 36.1 Å². The summed E-state index contributed by atoms with van der Waals surface area (Å²) in [5.74, 6) is -3.96. The van der Waals surface area contributed by atoms with Crippen LogP contribution in [0, 0.1) is 11.8 Å². The van der Waals surface area contributed by atoms with E-state index in [2.05, 4.69) is 0 Å². The van der Waals surface area contributed by atoms with E-state index >= 15 is 0 Å². The molecule has 0 amide bonds. The van der Waals surface area contributed by atoms with Crippen LogP contribution in [-0.4, -0.2) is 108 Å². The zero-order valence-electron chi connectivity index (χ0n) is 14.8. The first-order valence-corrected chi connectivity index (χ1v) is 8.65. The maximum absolute atomic E-state index is 11.5. The monoisotopic (exact) mass is 408 g/mol. The minimum Gasteiger partial charge on any atom is -0.478 e. The summed E-state index contributed by atoms with van der Waals surface area (Å²) in [6.45, 7) is 0.476. The van der Waals surface area contributed by atoms with Gasteiger partial charge in [-0.25, -0.2) is 4.79 Å². The average molecular weight is 408 g/mol. The molecule has 0 aromatic carbocycles. The minimum absolute atomic E-state index is 0.386. The third kappa shape index (κ3) is 3.20. The Morgan fingerprint density at radius 3 is 2.32 bits per heavy atom. The molecule has 2 aliphatic heterocycles. The van der Waals surface area contributed by atoms with Crippen molar-refractivity contribution in [2.75, 3.05) is 6.61 Å². The van der Waals surface area contributed by atoms with E-state index in [4.69, 9.17) is 14.2 Å². The van der Waals surface area contributed by atoms with Gasteiger partial charge in [0.1, 0.15) is 30.5 Å². The lowest BCUT2D eigenvalue weighted by atomic mass is 9.80. The van der Waals surface area contributed by atoms with Gasteiger partial charge in [-0.2, -0.15) is 0 Å². The lowest BCUT2D eigenvalue weighted by Crippen LogP contribution is -2.61. The van der Waals surface area contributed by atoms with E-state index in [1.165, 1.54) is 6.92 Å². The fourth-order valence-electron chi connectivity index (χ4n) is 4.06. The number of aliphatic hydroxyl groups is 7. The average Bonchev–Trinajstić information content (AvgIpc) is 2.83. The van der Waals surface area contributed by atoms with E-state index in [9.17, 15) is 45.6 Å². The van der Waals surface area contributed by atoms with Crippen molar-refractivity contribution in [3.8, 4) is 0 Å². The van der Waals surface area contributed by atoms with Crippen molar-refractivity contribution in [2.24, 2.45) is 11.8 Å². The van der Waals surface area contributed by atoms with Crippen LogP contribution >= 0.6 is 0 Å². The molecule has 1 saturated heterocycles. The largest absolute Gasteiger partial charge is 0.478 e. The first-order valence-electron chi connectivity index (χ1n) is 8.65. The molecule has 12 heteroatoms. The summed E-state index contributed by atoms with van der Waals surface area (Å²) < 4.78 is 15.9. The third-order valence-electron chi connectivity index (χ3n) is 5.70. The Balaban J connectivity index is 1.89. The van der Waals surface area contributed by atoms with Gasteiger partial charge in [0.25, 0.3) is 0 Å². The third-order valence-corrected chi connectivity index (χ3v) is 5.70. The Kier molecular flexibility index (Phi) is 5.71. The van der Waals surface area contributed by atoms with Gasteiger partial charge < -0.3 is 55.1 Å². The molecule has 1 saturated carbocycles. The van der Waals surface area contributed by atoms with Crippen molar-refractivity contribution in [1.82, 2.24) is 0 Å². The molecule has 8 N–H and O–H groups in total. The molecule has 1 aliphatic carbocycles. The molecule has 2 fully saturated rings. The second-order valence-electron chi connectivity index (χ2n) is 7.43. The SMILES string of the molecule is CC1(O)C(O)C(O)C2C(C(=O)O)=COC(OC3OC(CO)C(O)C(O)C3O)C21. The van der Waals surface area contributed by atoms with Gasteiger partial charge in [-0.3, -0.25) is 0 Å². The number of carboxylic acids is 1. The minimum atomic E-state index is -2.03. The molecule has 12 nitrogen and oxygen atoms in total. The van der Waals surface area contributed by atoms with Crippen LogP contribution in [0.25, 0.3) is 0 Å². The molecular formula is C16H24O12. The van der Waals surface area contributed by atoms with E-state index in [0.29, 0.717) is 0 Å². The van der Waals surface area contributed by atoms with Crippen molar-refractivity contribution in [2.45, 2.75) is 61.7 Å². The molecule has 11 atom stereocenters. The summed E-state index contributed by atoms with van der Waals surface area (Å²) in [7, 11) is 0. The van der Waals surface area contributed by atoms with Crippen LogP contribution in [0.5, 0.6) is 0 Å². The molecule has 3 aliphatic rings. The highest BCUT2D eigenvalue weighted by Crippen LogP contribution is 2.49. The van der Waals surface area contributed by atoms with Gasteiger partial charge in [0, 0.05) is 5.92 Å². The fraction of sp³-hybridized carbons (Fsp3) is 0.812. The smallest absolute Gasteiger partial charge is 0.335 e. The number of aliphatic hydroxyl groups excluding tert-OH is 6. The molecular weight excluding hydrogens is 384 g/mol. The van der Waals surface area contributed by atoms with Crippen molar-refractivity contribution in [1.29, 1.82) is 0 Å². The number of rotatable bonds is 4. The first kappa shape index (κ1) is 21.4. The molecule has 11 unspecified atom stereocenters. The standard InChI is InChI=1S/C16H24O12/c1-16(25)7-6(9(19)12(16)22)4(13(23)24)3-26-14(7)28-15-11(21)10(20)8(18)5(2-17)27-15/h3,5-12,14-15,17-22,25H,2H2,1H3,(H,23,24). The zero-order valence-corrected chi connectivity index (χ0v) is 14.8. The van der Waals surface area contributed by atoms with Crippen LogP contribution in [0.15, 0.2) is 11.8 Å². The van der Waals surface area contributed by atoms with Gasteiger partial charge in [-0.1, -0.05) is 0 Å². The molecule has 2 heterocycles. The maximum atomic E-state index is 11.5. The predicted molar refractivity (Wildman–Crippen MR) is 85.1 cm³/mol. The number of hydrogen-bond donors (Lipinski definition) is 8. The van der Waals surface area contributed by atoms with Crippen LogP contribution < -0.4 is 0 Å². The van der Waals surface area contributed by atoms with Crippen LogP contribution in [0.2, 0.25) is 0 Å². The first-order chi connectivity index (χ1) is 13.0. The topological polar surface area (TPSA) is 207 Å². The Labute approximate surface area is 158 Å². The van der Waals surface area contributed by atoms with Crippen molar-refractivity contribution in [3.63, 3.8) is 0 Å². The molecule has 0 radical (unpaired) electrons. The second kappa shape index (κ2) is 7.48. The van der Waals surface area contributed by atoms with Gasteiger partial charge in [0.2, 0.25) is 6.29 Å². The van der Waals surface area contributed by atoms with Crippen molar-refractivity contribution in [3.05, 3.63) is 11.8 Å². The normalized spacial score (nSPS) is 51.2. The number of aliphatic carboxylic acids is 1. The fourth-order valence-corrected chi connectivity index (χ4v) is 4.06.